The van der Waals surface area contributed by atoms with E-state index in [1.54, 1.807) is 25.5 Å². The summed E-state index contributed by atoms with van der Waals surface area (Å²) >= 11 is 0. The van der Waals surface area contributed by atoms with Crippen LogP contribution in [0.25, 0.3) is 0 Å². The van der Waals surface area contributed by atoms with Gasteiger partial charge in [-0.15, -0.1) is 0 Å². The first kappa shape index (κ1) is 31.8. The number of carbonyl (C=O) groups is 2. The van der Waals surface area contributed by atoms with Gasteiger partial charge in [0.15, 0.2) is 11.6 Å². The number of aliphatic carboxylic acids is 1. The van der Waals surface area contributed by atoms with Gasteiger partial charge in [-0.2, -0.15) is 18.4 Å². The average molecular weight is 629 g/mol. The number of nitrogens with zero attached hydrogens (tertiary/aromatic N) is 5. The number of carbonyl (C=O) groups excluding carboxylic acids is 1. The second-order valence-electron chi connectivity index (χ2n) is 11.9. The molecule has 2 N–H and O–H groups in total. The number of rotatable bonds is 7. The van der Waals surface area contributed by atoms with Crippen LogP contribution in [0.2, 0.25) is 0 Å². The van der Waals surface area contributed by atoms with Gasteiger partial charge in [0.25, 0.3) is 0 Å². The molecule has 1 spiro atoms. The van der Waals surface area contributed by atoms with Gasteiger partial charge in [-0.25, -0.2) is 13.6 Å². The van der Waals surface area contributed by atoms with Gasteiger partial charge in [-0.1, -0.05) is 12.1 Å². The van der Waals surface area contributed by atoms with Crippen LogP contribution in [0.3, 0.4) is 0 Å². The number of hydrogen-bond donors (Lipinski definition) is 2. The van der Waals surface area contributed by atoms with E-state index in [9.17, 15) is 26.7 Å². The maximum Gasteiger partial charge on any atom is 0.490 e. The van der Waals surface area contributed by atoms with E-state index in [-0.39, 0.29) is 17.2 Å². The quantitative estimate of drug-likeness (QED) is 0.370. The fourth-order valence-electron chi connectivity index (χ4n) is 5.68. The SMILES string of the molecule is C[C@](NC(=O)C1CC1)(c1ccc(F)c(F)c1)c1ccc(CN2CC3(C2)CN(c2cncc(C#N)c2)C3)cn1.O=C(O)C(F)(F)F. The third-order valence-corrected chi connectivity index (χ3v) is 8.19. The summed E-state index contributed by atoms with van der Waals surface area (Å²) in [5, 5.41) is 19.3. The van der Waals surface area contributed by atoms with Crippen molar-refractivity contribution in [2.75, 3.05) is 31.1 Å². The minimum atomic E-state index is -5.08. The number of nitrogens with one attached hydrogen (secondary N) is 1. The van der Waals surface area contributed by atoms with Gasteiger partial charge >= 0.3 is 12.1 Å². The van der Waals surface area contributed by atoms with Gasteiger partial charge < -0.3 is 15.3 Å². The molecule has 236 valence electrons. The zero-order valence-corrected chi connectivity index (χ0v) is 24.1. The lowest BCUT2D eigenvalue weighted by Gasteiger charge is -2.61. The third kappa shape index (κ3) is 7.04. The molecule has 1 aliphatic carbocycles. The van der Waals surface area contributed by atoms with Gasteiger partial charge in [0.1, 0.15) is 11.6 Å². The molecule has 1 atom stereocenters. The standard InChI is InChI=1S/C29H28F2N6O.C2HF3O2/c1-28(35-27(38)21-3-4-21,22-5-6-24(30)25(31)9-22)26-7-2-19(12-34-26)14-36-15-29(16-36)17-37(18-29)23-8-20(10-32)11-33-13-23;3-2(4,5)1(6)7/h2,5-9,11-13,21H,3-4,14-18H2,1H3,(H,35,38);(H,6,7)/t28-;/m0./s1. The minimum Gasteiger partial charge on any atom is -0.475 e. The van der Waals surface area contributed by atoms with Crippen molar-refractivity contribution in [3.8, 4) is 6.07 Å². The lowest BCUT2D eigenvalue weighted by atomic mass is 9.72. The summed E-state index contributed by atoms with van der Waals surface area (Å²) in [5.41, 5.74) is 2.82. The van der Waals surface area contributed by atoms with E-state index >= 15 is 0 Å². The van der Waals surface area contributed by atoms with E-state index in [1.807, 2.05) is 18.2 Å². The number of hydrogen-bond acceptors (Lipinski definition) is 7. The number of nitriles is 1. The molecule has 1 saturated carbocycles. The predicted octanol–water partition coefficient (Wildman–Crippen LogP) is 4.37. The molecule has 0 unspecified atom stereocenters. The molecule has 0 radical (unpaired) electrons. The van der Waals surface area contributed by atoms with Gasteiger partial charge in [0.05, 0.1) is 23.1 Å². The predicted molar refractivity (Wildman–Crippen MR) is 150 cm³/mol. The van der Waals surface area contributed by atoms with Crippen LogP contribution in [-0.4, -0.2) is 64.2 Å². The summed E-state index contributed by atoms with van der Waals surface area (Å²) in [7, 11) is 0. The molecule has 9 nitrogen and oxygen atoms in total. The van der Waals surface area contributed by atoms with E-state index in [0.29, 0.717) is 16.8 Å². The molecule has 3 fully saturated rings. The maximum atomic E-state index is 14.1. The van der Waals surface area contributed by atoms with Crippen LogP contribution in [-0.2, 0) is 21.7 Å². The van der Waals surface area contributed by atoms with E-state index in [4.69, 9.17) is 15.2 Å². The summed E-state index contributed by atoms with van der Waals surface area (Å²) in [4.78, 5) is 35.0. The van der Waals surface area contributed by atoms with E-state index in [2.05, 4.69) is 31.2 Å². The molecule has 45 heavy (non-hydrogen) atoms. The highest BCUT2D eigenvalue weighted by molar-refractivity contribution is 5.82. The normalized spacial score (nSPS) is 18.4. The highest BCUT2D eigenvalue weighted by Crippen LogP contribution is 2.42. The minimum absolute atomic E-state index is 0.0355. The van der Waals surface area contributed by atoms with Crippen LogP contribution in [0.15, 0.2) is 55.0 Å². The molecular formula is C31H29F5N6O3. The molecule has 3 aromatic rings. The first-order valence-electron chi connectivity index (χ1n) is 14.1. The Morgan fingerprint density at radius 1 is 1.04 bits per heavy atom. The van der Waals surface area contributed by atoms with E-state index in [1.165, 1.54) is 6.07 Å². The number of benzene rings is 1. The van der Waals surface area contributed by atoms with Crippen molar-refractivity contribution in [3.05, 3.63) is 89.0 Å². The second kappa shape index (κ2) is 12.0. The Bertz CT molecular complexity index is 1630. The third-order valence-electron chi connectivity index (χ3n) is 8.19. The summed E-state index contributed by atoms with van der Waals surface area (Å²) in [5.74, 6) is -4.78. The Morgan fingerprint density at radius 3 is 2.29 bits per heavy atom. The number of anilines is 1. The number of pyridine rings is 2. The number of aromatic nitrogens is 2. The van der Waals surface area contributed by atoms with Crippen LogP contribution >= 0.6 is 0 Å². The van der Waals surface area contributed by atoms with Crippen molar-refractivity contribution in [1.82, 2.24) is 20.2 Å². The van der Waals surface area contributed by atoms with Crippen molar-refractivity contribution >= 4 is 17.6 Å². The summed E-state index contributed by atoms with van der Waals surface area (Å²) in [6.07, 6.45) is 1.77. The van der Waals surface area contributed by atoms with Crippen LogP contribution < -0.4 is 10.2 Å². The average Bonchev–Trinajstić information content (AvgIpc) is 3.81. The number of carboxylic acid groups (broad SMARTS) is 1. The Kier molecular flexibility index (Phi) is 8.50. The number of amides is 1. The summed E-state index contributed by atoms with van der Waals surface area (Å²) in [6.45, 7) is 6.42. The molecule has 2 aromatic heterocycles. The van der Waals surface area contributed by atoms with Crippen LogP contribution in [0, 0.1) is 34.3 Å². The number of halogens is 5. The zero-order valence-electron chi connectivity index (χ0n) is 24.1. The van der Waals surface area contributed by atoms with Crippen LogP contribution in [0.1, 0.15) is 42.1 Å². The summed E-state index contributed by atoms with van der Waals surface area (Å²) in [6, 6.07) is 11.6. The highest BCUT2D eigenvalue weighted by atomic mass is 19.4. The number of carboxylic acids is 1. The molecule has 2 aliphatic heterocycles. The van der Waals surface area contributed by atoms with Gasteiger partial charge in [-0.05, 0) is 55.2 Å². The first-order chi connectivity index (χ1) is 21.2. The largest absolute Gasteiger partial charge is 0.490 e. The van der Waals surface area contributed by atoms with Crippen molar-refractivity contribution in [3.63, 3.8) is 0 Å². The maximum absolute atomic E-state index is 14.1. The Labute approximate surface area is 255 Å². The number of alkyl halides is 3. The van der Waals surface area contributed by atoms with Crippen LogP contribution in [0.4, 0.5) is 27.6 Å². The van der Waals surface area contributed by atoms with Gasteiger partial charge in [-0.3, -0.25) is 19.7 Å². The van der Waals surface area contributed by atoms with Crippen molar-refractivity contribution < 1.29 is 36.6 Å². The fourth-order valence-corrected chi connectivity index (χ4v) is 5.68. The van der Waals surface area contributed by atoms with E-state index in [0.717, 1.165) is 68.9 Å². The monoisotopic (exact) mass is 628 g/mol. The van der Waals surface area contributed by atoms with Gasteiger partial charge in [0.2, 0.25) is 5.91 Å². The van der Waals surface area contributed by atoms with Crippen molar-refractivity contribution in [2.45, 2.75) is 38.0 Å². The molecule has 1 aromatic carbocycles. The lowest BCUT2D eigenvalue weighted by molar-refractivity contribution is -0.192. The molecule has 14 heteroatoms. The Balaban J connectivity index is 0.000000515. The van der Waals surface area contributed by atoms with E-state index < -0.39 is 29.3 Å². The van der Waals surface area contributed by atoms with Crippen LogP contribution in [0.5, 0.6) is 0 Å². The Hall–Kier alpha value is -4.64. The highest BCUT2D eigenvalue weighted by Gasteiger charge is 2.51. The Morgan fingerprint density at radius 2 is 1.73 bits per heavy atom. The van der Waals surface area contributed by atoms with Crippen molar-refractivity contribution in [2.24, 2.45) is 11.3 Å². The second-order valence-corrected chi connectivity index (χ2v) is 11.9. The molecule has 3 aliphatic rings. The molecule has 4 heterocycles. The summed E-state index contributed by atoms with van der Waals surface area (Å²) < 4.78 is 59.5. The first-order valence-corrected chi connectivity index (χ1v) is 14.1. The molecule has 2 saturated heterocycles. The number of likely N-dealkylation sites (tertiary alicyclic amines) is 1. The zero-order chi connectivity index (χ0) is 32.6. The molecule has 1 amide bonds. The lowest BCUT2D eigenvalue weighted by Crippen LogP contribution is -2.72. The topological polar surface area (TPSA) is 122 Å². The fraction of sp³-hybridized carbons (Fsp3) is 0.387. The van der Waals surface area contributed by atoms with Gasteiger partial charge in [0, 0.05) is 56.5 Å². The van der Waals surface area contributed by atoms with Crippen molar-refractivity contribution in [1.29, 1.82) is 5.26 Å². The smallest absolute Gasteiger partial charge is 0.475 e. The molecule has 0 bridgehead atoms. The molecule has 6 rings (SSSR count). The molecular weight excluding hydrogens is 599 g/mol.